The molecule has 1 amide bonds. The number of amides is 1. The SMILES string of the molecule is CC(=O)N1CCN(c2nc(C)nc3c(F)c(-c4cc(O)cc5ccccc45)c(Cl)cc23)CC1. The van der Waals surface area contributed by atoms with Crippen molar-refractivity contribution in [1.29, 1.82) is 0 Å². The Kier molecular flexibility index (Phi) is 5.29. The van der Waals surface area contributed by atoms with Crippen LogP contribution in [0.5, 0.6) is 5.75 Å². The Labute approximate surface area is 195 Å². The third-order valence-electron chi connectivity index (χ3n) is 6.12. The summed E-state index contributed by atoms with van der Waals surface area (Å²) in [4.78, 5) is 24.5. The van der Waals surface area contributed by atoms with Gasteiger partial charge in [-0.05, 0) is 41.5 Å². The van der Waals surface area contributed by atoms with Crippen molar-refractivity contribution in [2.24, 2.45) is 0 Å². The van der Waals surface area contributed by atoms with Gasteiger partial charge in [-0.15, -0.1) is 0 Å². The van der Waals surface area contributed by atoms with Crippen LogP contribution in [-0.4, -0.2) is 52.1 Å². The van der Waals surface area contributed by atoms with Gasteiger partial charge in [-0.1, -0.05) is 35.9 Å². The monoisotopic (exact) mass is 464 g/mol. The molecule has 0 bridgehead atoms. The number of piperazine rings is 1. The summed E-state index contributed by atoms with van der Waals surface area (Å²) in [6, 6.07) is 12.3. The summed E-state index contributed by atoms with van der Waals surface area (Å²) in [7, 11) is 0. The number of phenols is 1. The summed E-state index contributed by atoms with van der Waals surface area (Å²) < 4.78 is 16.0. The van der Waals surface area contributed by atoms with E-state index in [-0.39, 0.29) is 27.8 Å². The Hall–Kier alpha value is -3.45. The molecule has 0 aliphatic carbocycles. The fourth-order valence-corrected chi connectivity index (χ4v) is 4.81. The van der Waals surface area contributed by atoms with Crippen molar-refractivity contribution in [1.82, 2.24) is 14.9 Å². The number of hydrogen-bond acceptors (Lipinski definition) is 5. The van der Waals surface area contributed by atoms with E-state index in [4.69, 9.17) is 11.6 Å². The van der Waals surface area contributed by atoms with Gasteiger partial charge >= 0.3 is 0 Å². The van der Waals surface area contributed by atoms with E-state index in [9.17, 15) is 9.90 Å². The van der Waals surface area contributed by atoms with Crippen LogP contribution in [0.4, 0.5) is 10.2 Å². The molecule has 2 heterocycles. The van der Waals surface area contributed by atoms with Crippen LogP contribution in [0.2, 0.25) is 5.02 Å². The van der Waals surface area contributed by atoms with E-state index in [1.165, 1.54) is 6.07 Å². The van der Waals surface area contributed by atoms with E-state index < -0.39 is 5.82 Å². The molecule has 1 saturated heterocycles. The van der Waals surface area contributed by atoms with E-state index in [0.29, 0.717) is 48.8 Å². The maximum Gasteiger partial charge on any atom is 0.219 e. The van der Waals surface area contributed by atoms with Crippen molar-refractivity contribution in [2.45, 2.75) is 13.8 Å². The maximum absolute atomic E-state index is 16.0. The Morgan fingerprint density at radius 3 is 2.52 bits per heavy atom. The number of rotatable bonds is 2. The molecule has 1 aliphatic rings. The zero-order valence-electron chi connectivity index (χ0n) is 18.3. The number of aryl methyl sites for hydroxylation is 1. The molecule has 33 heavy (non-hydrogen) atoms. The van der Waals surface area contributed by atoms with Crippen molar-refractivity contribution in [3.63, 3.8) is 0 Å². The van der Waals surface area contributed by atoms with Gasteiger partial charge in [0, 0.05) is 44.1 Å². The number of halogens is 2. The smallest absolute Gasteiger partial charge is 0.219 e. The number of carbonyl (C=O) groups is 1. The number of phenolic OH excluding ortho intramolecular Hbond substituents is 1. The molecule has 5 rings (SSSR count). The second-order valence-corrected chi connectivity index (χ2v) is 8.65. The average Bonchev–Trinajstić information content (AvgIpc) is 2.79. The lowest BCUT2D eigenvalue weighted by molar-refractivity contribution is -0.129. The Balaban J connectivity index is 1.69. The third-order valence-corrected chi connectivity index (χ3v) is 6.41. The van der Waals surface area contributed by atoms with Crippen molar-refractivity contribution in [2.75, 3.05) is 31.1 Å². The van der Waals surface area contributed by atoms with Gasteiger partial charge in [0.1, 0.15) is 22.9 Å². The van der Waals surface area contributed by atoms with Gasteiger partial charge in [0.05, 0.1) is 5.02 Å². The number of fused-ring (bicyclic) bond motifs is 2. The standard InChI is InChI=1S/C25H22ClFN4O2/c1-14-28-24-20(25(29-14)31-9-7-30(8-10-31)15(2)32)13-21(26)22(23(24)27)19-12-17(33)11-16-5-3-4-6-18(16)19/h3-6,11-13,33H,7-10H2,1-2H3. The van der Waals surface area contributed by atoms with E-state index in [2.05, 4.69) is 9.97 Å². The van der Waals surface area contributed by atoms with Crippen LogP contribution < -0.4 is 4.90 Å². The summed E-state index contributed by atoms with van der Waals surface area (Å²) in [5.74, 6) is 0.563. The predicted molar refractivity (Wildman–Crippen MR) is 128 cm³/mol. The number of anilines is 1. The van der Waals surface area contributed by atoms with E-state index >= 15 is 4.39 Å². The summed E-state index contributed by atoms with van der Waals surface area (Å²) in [6.45, 7) is 5.60. The number of benzene rings is 3. The molecule has 4 aromatic rings. The van der Waals surface area contributed by atoms with Gasteiger partial charge in [-0.3, -0.25) is 4.79 Å². The Morgan fingerprint density at radius 2 is 1.79 bits per heavy atom. The van der Waals surface area contributed by atoms with E-state index in [1.54, 1.807) is 30.9 Å². The topological polar surface area (TPSA) is 69.6 Å². The second kappa shape index (κ2) is 8.15. The fourth-order valence-electron chi connectivity index (χ4n) is 4.51. The summed E-state index contributed by atoms with van der Waals surface area (Å²) in [5.41, 5.74) is 0.878. The lowest BCUT2D eigenvalue weighted by Gasteiger charge is -2.35. The van der Waals surface area contributed by atoms with Gasteiger partial charge in [-0.25, -0.2) is 14.4 Å². The lowest BCUT2D eigenvalue weighted by Crippen LogP contribution is -2.48. The van der Waals surface area contributed by atoms with Gasteiger partial charge in [0.15, 0.2) is 5.82 Å². The Morgan fingerprint density at radius 1 is 1.06 bits per heavy atom. The zero-order chi connectivity index (χ0) is 23.3. The molecule has 0 radical (unpaired) electrons. The molecule has 0 saturated carbocycles. The van der Waals surface area contributed by atoms with Crippen LogP contribution in [0, 0.1) is 12.7 Å². The molecule has 1 N–H and O–H groups in total. The molecule has 3 aromatic carbocycles. The summed E-state index contributed by atoms with van der Waals surface area (Å²) in [5, 5.41) is 12.6. The molecule has 0 atom stereocenters. The minimum Gasteiger partial charge on any atom is -0.508 e. The van der Waals surface area contributed by atoms with Crippen LogP contribution in [0.3, 0.4) is 0 Å². The van der Waals surface area contributed by atoms with Gasteiger partial charge < -0.3 is 14.9 Å². The molecule has 6 nitrogen and oxygen atoms in total. The highest BCUT2D eigenvalue weighted by atomic mass is 35.5. The van der Waals surface area contributed by atoms with Gasteiger partial charge in [-0.2, -0.15) is 0 Å². The van der Waals surface area contributed by atoms with Crippen molar-refractivity contribution >= 4 is 45.0 Å². The maximum atomic E-state index is 16.0. The molecule has 1 fully saturated rings. The molecule has 0 unspecified atom stereocenters. The first-order valence-corrected chi connectivity index (χ1v) is 11.1. The average molecular weight is 465 g/mol. The minimum atomic E-state index is -0.553. The fraction of sp³-hybridized carbons (Fsp3) is 0.240. The predicted octanol–water partition coefficient (Wildman–Crippen LogP) is 4.93. The van der Waals surface area contributed by atoms with Gasteiger partial charge in [0.2, 0.25) is 5.91 Å². The van der Waals surface area contributed by atoms with Crippen molar-refractivity contribution in [3.8, 4) is 16.9 Å². The zero-order valence-corrected chi connectivity index (χ0v) is 19.0. The first kappa shape index (κ1) is 21.4. The van der Waals surface area contributed by atoms with Crippen LogP contribution in [0.1, 0.15) is 12.7 Å². The second-order valence-electron chi connectivity index (χ2n) is 8.25. The minimum absolute atomic E-state index is 0.0298. The molecule has 0 spiro atoms. The molecule has 1 aromatic heterocycles. The Bertz CT molecular complexity index is 1420. The molecule has 1 aliphatic heterocycles. The van der Waals surface area contributed by atoms with Crippen molar-refractivity contribution in [3.05, 3.63) is 59.1 Å². The number of carbonyl (C=O) groups excluding carboxylic acids is 1. The van der Waals surface area contributed by atoms with Crippen LogP contribution in [0.25, 0.3) is 32.8 Å². The van der Waals surface area contributed by atoms with E-state index in [1.807, 2.05) is 29.2 Å². The number of hydrogen-bond donors (Lipinski definition) is 1. The molecular formula is C25H22ClFN4O2. The number of nitrogens with zero attached hydrogens (tertiary/aromatic N) is 4. The van der Waals surface area contributed by atoms with E-state index in [0.717, 1.165) is 10.8 Å². The van der Waals surface area contributed by atoms with Crippen LogP contribution >= 0.6 is 11.6 Å². The highest BCUT2D eigenvalue weighted by Crippen LogP contribution is 2.42. The summed E-state index contributed by atoms with van der Waals surface area (Å²) >= 11 is 6.66. The largest absolute Gasteiger partial charge is 0.508 e. The summed E-state index contributed by atoms with van der Waals surface area (Å²) in [6.07, 6.45) is 0. The first-order chi connectivity index (χ1) is 15.8. The first-order valence-electron chi connectivity index (χ1n) is 10.7. The molecule has 8 heteroatoms. The highest BCUT2D eigenvalue weighted by Gasteiger charge is 2.25. The van der Waals surface area contributed by atoms with Crippen LogP contribution in [0.15, 0.2) is 42.5 Å². The van der Waals surface area contributed by atoms with Crippen molar-refractivity contribution < 1.29 is 14.3 Å². The third kappa shape index (κ3) is 3.72. The number of aromatic nitrogens is 2. The quantitative estimate of drug-likeness (QED) is 0.455. The normalized spacial score (nSPS) is 14.3. The number of aromatic hydroxyl groups is 1. The molecular weight excluding hydrogens is 443 g/mol. The molecule has 168 valence electrons. The van der Waals surface area contributed by atoms with Crippen LogP contribution in [-0.2, 0) is 4.79 Å². The van der Waals surface area contributed by atoms with Gasteiger partial charge in [0.25, 0.3) is 0 Å². The highest BCUT2D eigenvalue weighted by molar-refractivity contribution is 6.35. The lowest BCUT2D eigenvalue weighted by atomic mass is 9.96.